The van der Waals surface area contributed by atoms with Crippen LogP contribution >= 0.6 is 23.2 Å². The van der Waals surface area contributed by atoms with E-state index in [2.05, 4.69) is 10.6 Å². The minimum atomic E-state index is -0.679. The van der Waals surface area contributed by atoms with Crippen molar-refractivity contribution in [3.63, 3.8) is 0 Å². The van der Waals surface area contributed by atoms with Crippen LogP contribution < -0.4 is 15.5 Å². The van der Waals surface area contributed by atoms with E-state index in [0.29, 0.717) is 33.2 Å². The molecule has 3 amide bonds. The molecule has 1 aliphatic rings. The lowest BCUT2D eigenvalue weighted by Crippen LogP contribution is -2.32. The fourth-order valence-electron chi connectivity index (χ4n) is 3.49. The molecule has 0 saturated heterocycles. The summed E-state index contributed by atoms with van der Waals surface area (Å²) in [4.78, 5) is 50.9. The zero-order chi connectivity index (χ0) is 25.3. The highest BCUT2D eigenvalue weighted by molar-refractivity contribution is 6.53. The Labute approximate surface area is 211 Å². The molecule has 0 aromatic heterocycles. The maximum absolute atomic E-state index is 13.0. The number of ketones is 1. The lowest BCUT2D eigenvalue weighted by molar-refractivity contribution is -0.120. The average Bonchev–Trinajstić information content (AvgIpc) is 3.03. The first kappa shape index (κ1) is 24.2. The third-order valence-corrected chi connectivity index (χ3v) is 5.99. The molecule has 0 fully saturated rings. The molecule has 0 unspecified atom stereocenters. The molecule has 0 spiro atoms. The molecule has 4 rings (SSSR count). The molecule has 0 radical (unpaired) electrons. The van der Waals surface area contributed by atoms with Gasteiger partial charge in [0.25, 0.3) is 17.7 Å². The maximum atomic E-state index is 13.0. The van der Waals surface area contributed by atoms with Crippen molar-refractivity contribution in [2.75, 3.05) is 15.5 Å². The number of carbonyl (C=O) groups excluding carboxylic acids is 4. The van der Waals surface area contributed by atoms with Crippen molar-refractivity contribution in [1.29, 1.82) is 0 Å². The monoisotopic (exact) mass is 507 g/mol. The Hall–Kier alpha value is -3.94. The highest BCUT2D eigenvalue weighted by atomic mass is 35.5. The number of nitrogens with zero attached hydrogens (tertiary/aromatic N) is 1. The van der Waals surface area contributed by atoms with E-state index in [-0.39, 0.29) is 16.5 Å². The molecule has 1 heterocycles. The van der Waals surface area contributed by atoms with E-state index in [9.17, 15) is 19.2 Å². The molecular weight excluding hydrogens is 489 g/mol. The summed E-state index contributed by atoms with van der Waals surface area (Å²) in [6.07, 6.45) is 0. The second-order valence-corrected chi connectivity index (χ2v) is 8.67. The van der Waals surface area contributed by atoms with Crippen molar-refractivity contribution >= 4 is 63.8 Å². The van der Waals surface area contributed by atoms with Gasteiger partial charge in [0.2, 0.25) is 0 Å². The SMILES string of the molecule is CC(=O)c1ccc(NC(=O)c2ccc(C)c(NC3=C(Cl)C(=O)N(c4cccc(Cl)c4)C3=O)c2)cc1. The topological polar surface area (TPSA) is 95.6 Å². The molecule has 0 saturated carbocycles. The molecule has 0 atom stereocenters. The number of hydrogen-bond donors (Lipinski definition) is 2. The molecule has 35 heavy (non-hydrogen) atoms. The van der Waals surface area contributed by atoms with Crippen LogP contribution in [0.15, 0.2) is 77.5 Å². The summed E-state index contributed by atoms with van der Waals surface area (Å²) in [6.45, 7) is 3.25. The first-order valence-corrected chi connectivity index (χ1v) is 11.3. The van der Waals surface area contributed by atoms with Gasteiger partial charge in [0.05, 0.1) is 5.69 Å². The first-order valence-electron chi connectivity index (χ1n) is 10.5. The Bertz CT molecular complexity index is 1410. The van der Waals surface area contributed by atoms with Gasteiger partial charge in [0, 0.05) is 27.5 Å². The molecule has 3 aromatic rings. The van der Waals surface area contributed by atoms with Crippen LogP contribution in [0.3, 0.4) is 0 Å². The number of rotatable bonds is 6. The zero-order valence-electron chi connectivity index (χ0n) is 18.7. The lowest BCUT2D eigenvalue weighted by atomic mass is 10.1. The van der Waals surface area contributed by atoms with Gasteiger partial charge in [-0.25, -0.2) is 4.90 Å². The van der Waals surface area contributed by atoms with Crippen molar-refractivity contribution in [1.82, 2.24) is 0 Å². The Morgan fingerprint density at radius 3 is 2.20 bits per heavy atom. The highest BCUT2D eigenvalue weighted by Gasteiger charge is 2.39. The number of benzene rings is 3. The number of amides is 3. The Kier molecular flexibility index (Phi) is 6.73. The summed E-state index contributed by atoms with van der Waals surface area (Å²) in [6, 6.07) is 17.8. The molecule has 3 aromatic carbocycles. The van der Waals surface area contributed by atoms with Gasteiger partial charge in [-0.2, -0.15) is 0 Å². The molecule has 176 valence electrons. The quantitative estimate of drug-likeness (QED) is 0.337. The minimum absolute atomic E-state index is 0.0704. The number of carbonyl (C=O) groups is 4. The van der Waals surface area contributed by atoms with E-state index in [4.69, 9.17) is 23.2 Å². The average molecular weight is 508 g/mol. The normalized spacial score (nSPS) is 13.3. The Balaban J connectivity index is 1.56. The van der Waals surface area contributed by atoms with Crippen LogP contribution in [-0.4, -0.2) is 23.5 Å². The molecule has 9 heteroatoms. The third kappa shape index (κ3) is 4.96. The number of hydrogen-bond acceptors (Lipinski definition) is 5. The number of halogens is 2. The van der Waals surface area contributed by atoms with Crippen molar-refractivity contribution < 1.29 is 19.2 Å². The standard InChI is InChI=1S/C26H19Cl2N3O4/c1-14-6-7-17(24(33)29-19-10-8-16(9-11-19)15(2)32)12-21(14)30-23-22(28)25(34)31(26(23)35)20-5-3-4-18(27)13-20/h3-13,30H,1-2H3,(H,29,33). The smallest absolute Gasteiger partial charge is 0.283 e. The predicted molar refractivity (Wildman–Crippen MR) is 136 cm³/mol. The number of imide groups is 1. The van der Waals surface area contributed by atoms with Crippen LogP contribution in [0, 0.1) is 6.92 Å². The zero-order valence-corrected chi connectivity index (χ0v) is 20.2. The Morgan fingerprint density at radius 2 is 1.54 bits per heavy atom. The number of nitrogens with one attached hydrogen (secondary N) is 2. The van der Waals surface area contributed by atoms with Gasteiger partial charge in [-0.05, 0) is 74.0 Å². The summed E-state index contributed by atoms with van der Waals surface area (Å²) in [5, 5.41) is 5.78. The first-order chi connectivity index (χ1) is 16.7. The van der Waals surface area contributed by atoms with Crippen LogP contribution in [0.25, 0.3) is 0 Å². The van der Waals surface area contributed by atoms with Crippen LogP contribution in [0.4, 0.5) is 17.1 Å². The summed E-state index contributed by atoms with van der Waals surface area (Å²) < 4.78 is 0. The second-order valence-electron chi connectivity index (χ2n) is 7.86. The fourth-order valence-corrected chi connectivity index (χ4v) is 3.88. The van der Waals surface area contributed by atoms with E-state index in [0.717, 1.165) is 10.5 Å². The Morgan fingerprint density at radius 1 is 0.857 bits per heavy atom. The number of anilines is 3. The molecule has 1 aliphatic heterocycles. The van der Waals surface area contributed by atoms with Gasteiger partial charge >= 0.3 is 0 Å². The minimum Gasteiger partial charge on any atom is -0.349 e. The predicted octanol–water partition coefficient (Wildman–Crippen LogP) is 5.54. The van der Waals surface area contributed by atoms with Gasteiger partial charge in [-0.1, -0.05) is 35.3 Å². The van der Waals surface area contributed by atoms with Crippen molar-refractivity contribution in [2.45, 2.75) is 13.8 Å². The second kappa shape index (κ2) is 9.74. The lowest BCUT2D eigenvalue weighted by Gasteiger charge is -2.16. The summed E-state index contributed by atoms with van der Waals surface area (Å²) in [5.41, 5.74) is 2.74. The van der Waals surface area contributed by atoms with Crippen molar-refractivity contribution in [2.24, 2.45) is 0 Å². The van der Waals surface area contributed by atoms with Gasteiger partial charge in [0.15, 0.2) is 5.78 Å². The summed E-state index contributed by atoms with van der Waals surface area (Å²) in [7, 11) is 0. The molecular formula is C26H19Cl2N3O4. The molecule has 2 N–H and O–H groups in total. The van der Waals surface area contributed by atoms with Gasteiger partial charge in [-0.3, -0.25) is 19.2 Å². The van der Waals surface area contributed by atoms with Crippen LogP contribution in [0.2, 0.25) is 5.02 Å². The molecule has 0 aliphatic carbocycles. The maximum Gasteiger partial charge on any atom is 0.283 e. The van der Waals surface area contributed by atoms with E-state index in [1.165, 1.54) is 13.0 Å². The fraction of sp³-hybridized carbons (Fsp3) is 0.0769. The van der Waals surface area contributed by atoms with E-state index in [1.54, 1.807) is 67.6 Å². The number of Topliss-reactive ketones (excluding diaryl/α,β-unsaturated/α-hetero) is 1. The van der Waals surface area contributed by atoms with E-state index < -0.39 is 17.7 Å². The van der Waals surface area contributed by atoms with E-state index >= 15 is 0 Å². The van der Waals surface area contributed by atoms with Crippen LogP contribution in [0.1, 0.15) is 33.2 Å². The molecule has 0 bridgehead atoms. The molecule has 7 nitrogen and oxygen atoms in total. The van der Waals surface area contributed by atoms with Crippen LogP contribution in [-0.2, 0) is 9.59 Å². The highest BCUT2D eigenvalue weighted by Crippen LogP contribution is 2.32. The summed E-state index contributed by atoms with van der Waals surface area (Å²) in [5.74, 6) is -1.78. The van der Waals surface area contributed by atoms with Gasteiger partial charge in [-0.15, -0.1) is 0 Å². The van der Waals surface area contributed by atoms with Crippen LogP contribution in [0.5, 0.6) is 0 Å². The summed E-state index contributed by atoms with van der Waals surface area (Å²) >= 11 is 12.2. The van der Waals surface area contributed by atoms with E-state index in [1.807, 2.05) is 0 Å². The number of aryl methyl sites for hydroxylation is 1. The van der Waals surface area contributed by atoms with Gasteiger partial charge in [0.1, 0.15) is 10.7 Å². The third-order valence-electron chi connectivity index (χ3n) is 5.40. The van der Waals surface area contributed by atoms with Crippen molar-refractivity contribution in [3.8, 4) is 0 Å². The largest absolute Gasteiger partial charge is 0.349 e. The van der Waals surface area contributed by atoms with Crippen molar-refractivity contribution in [3.05, 3.63) is 99.2 Å². The van der Waals surface area contributed by atoms with Gasteiger partial charge < -0.3 is 10.6 Å².